The number of fused-ring (bicyclic) bond motifs is 1. The summed E-state index contributed by atoms with van der Waals surface area (Å²) in [5, 5.41) is 15.7. The lowest BCUT2D eigenvalue weighted by atomic mass is 10.1. The van der Waals surface area contributed by atoms with Crippen molar-refractivity contribution in [1.82, 2.24) is 0 Å². The van der Waals surface area contributed by atoms with E-state index in [0.717, 1.165) is 18.8 Å². The molecule has 0 radical (unpaired) electrons. The standard InChI is InChI=1S/C23H13BrClI2NO3/c24-17-7-12-3-1-2-4-13(12)8-21(17)31-20-6-5-14(25)9-19(20)28-23(30)16-10-15(26)11-18(27)22(16)29/h1-11,29H,(H,28,30). The van der Waals surface area contributed by atoms with Gasteiger partial charge in [0.1, 0.15) is 11.5 Å². The summed E-state index contributed by atoms with van der Waals surface area (Å²) in [4.78, 5) is 12.9. The molecular weight excluding hydrogens is 707 g/mol. The van der Waals surface area contributed by atoms with E-state index in [1.54, 1.807) is 30.3 Å². The van der Waals surface area contributed by atoms with Crippen molar-refractivity contribution in [2.45, 2.75) is 0 Å². The smallest absolute Gasteiger partial charge is 0.259 e. The van der Waals surface area contributed by atoms with Gasteiger partial charge in [-0.3, -0.25) is 4.79 Å². The Balaban J connectivity index is 1.69. The zero-order chi connectivity index (χ0) is 22.1. The van der Waals surface area contributed by atoms with Crippen LogP contribution in [0.15, 0.2) is 71.2 Å². The molecule has 0 unspecified atom stereocenters. The van der Waals surface area contributed by atoms with Crippen LogP contribution in [0.2, 0.25) is 5.02 Å². The number of rotatable bonds is 4. The quantitative estimate of drug-likeness (QED) is 0.209. The van der Waals surface area contributed by atoms with Crippen LogP contribution in [0.5, 0.6) is 17.2 Å². The summed E-state index contributed by atoms with van der Waals surface area (Å²) < 4.78 is 8.35. The highest BCUT2D eigenvalue weighted by Gasteiger charge is 2.18. The second-order valence-corrected chi connectivity index (χ2v) is 10.3. The van der Waals surface area contributed by atoms with Crippen LogP contribution in [-0.2, 0) is 0 Å². The van der Waals surface area contributed by atoms with Crippen LogP contribution in [0.3, 0.4) is 0 Å². The van der Waals surface area contributed by atoms with E-state index in [1.165, 1.54) is 0 Å². The van der Waals surface area contributed by atoms with Crippen LogP contribution in [0.25, 0.3) is 10.8 Å². The largest absolute Gasteiger partial charge is 0.506 e. The Bertz CT molecular complexity index is 1330. The van der Waals surface area contributed by atoms with Gasteiger partial charge < -0.3 is 15.2 Å². The molecule has 0 aliphatic heterocycles. The Kier molecular flexibility index (Phi) is 6.95. The third kappa shape index (κ3) is 5.10. The van der Waals surface area contributed by atoms with Gasteiger partial charge in [0.15, 0.2) is 5.75 Å². The number of hydrogen-bond acceptors (Lipinski definition) is 3. The predicted octanol–water partition coefficient (Wildman–Crippen LogP) is 8.22. The molecule has 1 amide bonds. The summed E-state index contributed by atoms with van der Waals surface area (Å²) >= 11 is 13.8. The Morgan fingerprint density at radius 2 is 1.68 bits per heavy atom. The highest BCUT2D eigenvalue weighted by atomic mass is 127. The van der Waals surface area contributed by atoms with Gasteiger partial charge in [0.25, 0.3) is 5.91 Å². The first-order valence-corrected chi connectivity index (χ1v) is 12.3. The predicted molar refractivity (Wildman–Crippen MR) is 145 cm³/mol. The number of hydrogen-bond donors (Lipinski definition) is 2. The lowest BCUT2D eigenvalue weighted by molar-refractivity contribution is 0.102. The Labute approximate surface area is 219 Å². The lowest BCUT2D eigenvalue weighted by Crippen LogP contribution is -2.13. The number of amides is 1. The Hall–Kier alpha value is -1.56. The molecule has 2 N–H and O–H groups in total. The van der Waals surface area contributed by atoms with Gasteiger partial charge >= 0.3 is 0 Å². The number of carbonyl (C=O) groups is 1. The highest BCUT2D eigenvalue weighted by Crippen LogP contribution is 2.38. The van der Waals surface area contributed by atoms with Gasteiger partial charge in [0.2, 0.25) is 0 Å². The molecule has 0 spiro atoms. The van der Waals surface area contributed by atoms with Crippen molar-refractivity contribution in [3.63, 3.8) is 0 Å². The molecule has 4 aromatic rings. The van der Waals surface area contributed by atoms with Crippen LogP contribution in [0, 0.1) is 7.14 Å². The van der Waals surface area contributed by atoms with Gasteiger partial charge in [0, 0.05) is 8.59 Å². The molecule has 8 heteroatoms. The van der Waals surface area contributed by atoms with Crippen molar-refractivity contribution < 1.29 is 14.6 Å². The highest BCUT2D eigenvalue weighted by molar-refractivity contribution is 14.1. The average molecular weight is 721 g/mol. The van der Waals surface area contributed by atoms with Crippen LogP contribution in [0.1, 0.15) is 10.4 Å². The minimum atomic E-state index is -0.460. The average Bonchev–Trinajstić information content (AvgIpc) is 2.73. The minimum absolute atomic E-state index is 0.0692. The molecule has 0 fully saturated rings. The van der Waals surface area contributed by atoms with Crippen LogP contribution < -0.4 is 10.1 Å². The van der Waals surface area contributed by atoms with E-state index < -0.39 is 5.91 Å². The van der Waals surface area contributed by atoms with Crippen molar-refractivity contribution in [2.24, 2.45) is 0 Å². The van der Waals surface area contributed by atoms with Crippen LogP contribution in [0.4, 0.5) is 5.69 Å². The zero-order valence-electron chi connectivity index (χ0n) is 15.6. The van der Waals surface area contributed by atoms with Crippen LogP contribution in [-0.4, -0.2) is 11.0 Å². The Morgan fingerprint density at radius 3 is 2.42 bits per heavy atom. The third-order valence-electron chi connectivity index (χ3n) is 4.48. The molecule has 4 rings (SSSR count). The second-order valence-electron chi connectivity index (χ2n) is 6.61. The molecule has 0 aliphatic carbocycles. The first kappa shape index (κ1) is 22.6. The van der Waals surface area contributed by atoms with E-state index in [-0.39, 0.29) is 11.3 Å². The monoisotopic (exact) mass is 719 g/mol. The summed E-state index contributed by atoms with van der Waals surface area (Å²) in [5.74, 6) is 0.496. The number of ether oxygens (including phenoxy) is 1. The van der Waals surface area contributed by atoms with E-state index in [1.807, 2.05) is 59.0 Å². The van der Waals surface area contributed by atoms with Crippen molar-refractivity contribution in [2.75, 3.05) is 5.32 Å². The van der Waals surface area contributed by atoms with Crippen molar-refractivity contribution >= 4 is 95.1 Å². The second kappa shape index (κ2) is 9.51. The maximum Gasteiger partial charge on any atom is 0.259 e. The van der Waals surface area contributed by atoms with Gasteiger partial charge in [0.05, 0.1) is 19.3 Å². The van der Waals surface area contributed by atoms with Crippen molar-refractivity contribution in [3.8, 4) is 17.2 Å². The van der Waals surface area contributed by atoms with E-state index in [4.69, 9.17) is 16.3 Å². The number of carbonyl (C=O) groups excluding carboxylic acids is 1. The molecule has 0 atom stereocenters. The number of nitrogens with one attached hydrogen (secondary N) is 1. The fourth-order valence-corrected chi connectivity index (χ4v) is 5.46. The summed E-state index contributed by atoms with van der Waals surface area (Å²) in [6.07, 6.45) is 0. The van der Waals surface area contributed by atoms with Gasteiger partial charge in [-0.2, -0.15) is 0 Å². The Morgan fingerprint density at radius 1 is 0.968 bits per heavy atom. The van der Waals surface area contributed by atoms with Gasteiger partial charge in [-0.05, 0) is 114 Å². The van der Waals surface area contributed by atoms with E-state index in [2.05, 4.69) is 43.8 Å². The van der Waals surface area contributed by atoms with E-state index in [9.17, 15) is 9.90 Å². The van der Waals surface area contributed by atoms with E-state index in [0.29, 0.717) is 25.8 Å². The molecule has 4 aromatic carbocycles. The summed E-state index contributed by atoms with van der Waals surface area (Å²) in [6.45, 7) is 0. The number of aromatic hydroxyl groups is 1. The normalized spacial score (nSPS) is 10.8. The molecule has 156 valence electrons. The fourth-order valence-electron chi connectivity index (χ4n) is 3.01. The molecule has 0 bridgehead atoms. The lowest BCUT2D eigenvalue weighted by Gasteiger charge is -2.15. The summed E-state index contributed by atoms with van der Waals surface area (Å²) in [5.41, 5.74) is 0.569. The first-order valence-electron chi connectivity index (χ1n) is 8.97. The van der Waals surface area contributed by atoms with E-state index >= 15 is 0 Å². The molecule has 4 nitrogen and oxygen atoms in total. The van der Waals surface area contributed by atoms with Gasteiger partial charge in [-0.15, -0.1) is 0 Å². The number of phenolic OH excluding ortho intramolecular Hbond substituents is 1. The molecule has 0 saturated heterocycles. The number of phenols is 1. The molecule has 0 saturated carbocycles. The van der Waals surface area contributed by atoms with Gasteiger partial charge in [-0.1, -0.05) is 35.9 Å². The maximum absolute atomic E-state index is 12.9. The fraction of sp³-hybridized carbons (Fsp3) is 0. The molecule has 0 aliphatic rings. The minimum Gasteiger partial charge on any atom is -0.506 e. The maximum atomic E-state index is 12.9. The molecule has 0 aromatic heterocycles. The summed E-state index contributed by atoms with van der Waals surface area (Å²) in [6, 6.07) is 20.3. The van der Waals surface area contributed by atoms with Gasteiger partial charge in [-0.25, -0.2) is 0 Å². The SMILES string of the molecule is O=C(Nc1cc(Cl)ccc1Oc1cc2ccccc2cc1Br)c1cc(I)cc(I)c1O. The summed E-state index contributed by atoms with van der Waals surface area (Å²) in [7, 11) is 0. The number of anilines is 1. The van der Waals surface area contributed by atoms with Crippen molar-refractivity contribution in [1.29, 1.82) is 0 Å². The third-order valence-corrected chi connectivity index (χ3v) is 6.78. The van der Waals surface area contributed by atoms with Crippen molar-refractivity contribution in [3.05, 3.63) is 88.9 Å². The number of halogens is 4. The first-order chi connectivity index (χ1) is 14.8. The topological polar surface area (TPSA) is 58.6 Å². The molecule has 0 heterocycles. The number of benzene rings is 4. The zero-order valence-corrected chi connectivity index (χ0v) is 22.3. The van der Waals surface area contributed by atoms with Crippen LogP contribution >= 0.6 is 72.7 Å². The molecule has 31 heavy (non-hydrogen) atoms. The molecular formula is C23H13BrClI2NO3.